The number of aryl methyl sites for hydroxylation is 1. The molecule has 0 atom stereocenters. The number of carbonyl (C=O) groups is 1. The molecule has 1 heterocycles. The third-order valence-electron chi connectivity index (χ3n) is 1.69. The number of nitrogens with zero attached hydrogens (tertiary/aromatic N) is 2. The summed E-state index contributed by atoms with van der Waals surface area (Å²) in [5.74, 6) is 0. The van der Waals surface area contributed by atoms with Gasteiger partial charge in [0.15, 0.2) is 0 Å². The Balaban J connectivity index is 2.52. The van der Waals surface area contributed by atoms with Gasteiger partial charge in [-0.15, -0.1) is 0 Å². The molecule has 0 saturated carbocycles. The number of hydrogen-bond donors (Lipinski definition) is 3. The Kier molecular flexibility index (Phi) is 3.61. The normalized spacial score (nSPS) is 9.87. The van der Waals surface area contributed by atoms with Crippen molar-refractivity contribution in [3.63, 3.8) is 0 Å². The van der Waals surface area contributed by atoms with E-state index in [0.29, 0.717) is 19.5 Å². The van der Waals surface area contributed by atoms with Crippen LogP contribution in [0.15, 0.2) is 15.9 Å². The van der Waals surface area contributed by atoms with E-state index in [1.54, 1.807) is 0 Å². The highest BCUT2D eigenvalue weighted by Crippen LogP contribution is 1.81. The van der Waals surface area contributed by atoms with E-state index in [1.807, 2.05) is 5.10 Å². The van der Waals surface area contributed by atoms with Crippen molar-refractivity contribution in [3.8, 4) is 0 Å². The summed E-state index contributed by atoms with van der Waals surface area (Å²) >= 11 is 0. The molecule has 0 saturated heterocycles. The summed E-state index contributed by atoms with van der Waals surface area (Å²) in [5, 5.41) is 7.86. The van der Waals surface area contributed by atoms with Gasteiger partial charge in [0.2, 0.25) is 0 Å². The minimum absolute atomic E-state index is 0.302. The topological polar surface area (TPSA) is 123 Å². The van der Waals surface area contributed by atoms with Gasteiger partial charge in [0.25, 0.3) is 0 Å². The molecule has 4 N–H and O–H groups in total. The van der Waals surface area contributed by atoms with Crippen LogP contribution < -0.4 is 22.2 Å². The molecule has 1 rings (SSSR count). The highest BCUT2D eigenvalue weighted by Gasteiger charge is 1.99. The van der Waals surface area contributed by atoms with Gasteiger partial charge < -0.3 is 11.1 Å². The summed E-state index contributed by atoms with van der Waals surface area (Å²) in [6.07, 6.45) is 1.72. The summed E-state index contributed by atoms with van der Waals surface area (Å²) in [6, 6.07) is -0.619. The molecule has 82 valence electrons. The summed E-state index contributed by atoms with van der Waals surface area (Å²) < 4.78 is 1.17. The number of H-pyrrole nitrogens is 1. The van der Waals surface area contributed by atoms with Crippen LogP contribution in [0.2, 0.25) is 0 Å². The molecule has 8 nitrogen and oxygen atoms in total. The average molecular weight is 213 g/mol. The zero-order chi connectivity index (χ0) is 11.3. The van der Waals surface area contributed by atoms with E-state index in [0.717, 1.165) is 0 Å². The van der Waals surface area contributed by atoms with E-state index in [9.17, 15) is 14.4 Å². The lowest BCUT2D eigenvalue weighted by Crippen LogP contribution is -2.37. The summed E-state index contributed by atoms with van der Waals surface area (Å²) in [5.41, 5.74) is 3.41. The van der Waals surface area contributed by atoms with Crippen LogP contribution in [0.4, 0.5) is 4.79 Å². The third kappa shape index (κ3) is 3.25. The van der Waals surface area contributed by atoms with E-state index in [2.05, 4.69) is 10.4 Å². The highest BCUT2D eigenvalue weighted by molar-refractivity contribution is 5.71. The molecule has 0 aliphatic heterocycles. The van der Waals surface area contributed by atoms with E-state index < -0.39 is 17.1 Å². The largest absolute Gasteiger partial charge is 0.352 e. The van der Waals surface area contributed by atoms with Gasteiger partial charge in [-0.1, -0.05) is 0 Å². The molecule has 8 heteroatoms. The zero-order valence-corrected chi connectivity index (χ0v) is 7.90. The number of hydrogen-bond acceptors (Lipinski definition) is 4. The minimum Gasteiger partial charge on any atom is -0.352 e. The molecular weight excluding hydrogens is 202 g/mol. The number of aromatic amines is 1. The van der Waals surface area contributed by atoms with Gasteiger partial charge in [0, 0.05) is 13.1 Å². The van der Waals surface area contributed by atoms with Crippen LogP contribution in [0, 0.1) is 0 Å². The van der Waals surface area contributed by atoms with Crippen molar-refractivity contribution in [2.75, 3.05) is 6.54 Å². The fraction of sp³-hybridized carbons (Fsp3) is 0.429. The molecule has 0 aliphatic carbocycles. The Bertz CT molecular complexity index is 448. The monoisotopic (exact) mass is 213 g/mol. The van der Waals surface area contributed by atoms with Crippen molar-refractivity contribution in [1.82, 2.24) is 20.1 Å². The standard InChI is InChI=1S/C7H11N5O3/c8-7(15)9-2-1-3-12-4-10-11-5(13)6(12)14/h4H,1-3H2,(H,11,13)(H3,8,9,15). The molecule has 0 aliphatic rings. The quantitative estimate of drug-likeness (QED) is 0.395. The first-order chi connectivity index (χ1) is 7.11. The molecule has 2 amide bonds. The van der Waals surface area contributed by atoms with Crippen LogP contribution in [0.3, 0.4) is 0 Å². The Morgan fingerprint density at radius 1 is 1.60 bits per heavy atom. The molecule has 0 aromatic carbocycles. The first kappa shape index (κ1) is 11.0. The number of carbonyl (C=O) groups excluding carboxylic acids is 1. The SMILES string of the molecule is NC(=O)NCCCn1cn[nH]c(=O)c1=O. The smallest absolute Gasteiger partial charge is 0.330 e. The van der Waals surface area contributed by atoms with Crippen molar-refractivity contribution in [2.24, 2.45) is 5.73 Å². The van der Waals surface area contributed by atoms with Gasteiger partial charge in [-0.3, -0.25) is 14.2 Å². The van der Waals surface area contributed by atoms with Crippen LogP contribution in [0.25, 0.3) is 0 Å². The minimum atomic E-state index is -0.764. The first-order valence-corrected chi connectivity index (χ1v) is 4.28. The van der Waals surface area contributed by atoms with E-state index >= 15 is 0 Å². The van der Waals surface area contributed by atoms with Crippen LogP contribution in [-0.2, 0) is 6.54 Å². The van der Waals surface area contributed by atoms with Gasteiger partial charge >= 0.3 is 17.1 Å². The Labute approximate surface area is 84.1 Å². The van der Waals surface area contributed by atoms with E-state index in [4.69, 9.17) is 5.73 Å². The number of urea groups is 1. The molecule has 1 aromatic heterocycles. The van der Waals surface area contributed by atoms with Crippen LogP contribution in [-0.4, -0.2) is 27.3 Å². The summed E-state index contributed by atoms with van der Waals surface area (Å²) in [7, 11) is 0. The van der Waals surface area contributed by atoms with Gasteiger partial charge in [0.1, 0.15) is 6.33 Å². The lowest BCUT2D eigenvalue weighted by atomic mass is 10.4. The Morgan fingerprint density at radius 3 is 3.00 bits per heavy atom. The molecule has 1 aromatic rings. The van der Waals surface area contributed by atoms with Gasteiger partial charge in [0.05, 0.1) is 0 Å². The maximum atomic E-state index is 11.2. The predicted octanol–water partition coefficient (Wildman–Crippen LogP) is -2.01. The number of aromatic nitrogens is 3. The number of nitrogens with two attached hydrogens (primary N) is 1. The van der Waals surface area contributed by atoms with Crippen molar-refractivity contribution in [2.45, 2.75) is 13.0 Å². The molecule has 0 spiro atoms. The molecular formula is C7H11N5O3. The van der Waals surface area contributed by atoms with Crippen molar-refractivity contribution in [1.29, 1.82) is 0 Å². The summed E-state index contributed by atoms with van der Waals surface area (Å²) in [6.45, 7) is 0.643. The lowest BCUT2D eigenvalue weighted by molar-refractivity contribution is 0.248. The Hall–Kier alpha value is -2.12. The van der Waals surface area contributed by atoms with Gasteiger partial charge in [-0.25, -0.2) is 9.89 Å². The van der Waals surface area contributed by atoms with Crippen LogP contribution >= 0.6 is 0 Å². The third-order valence-corrected chi connectivity index (χ3v) is 1.69. The van der Waals surface area contributed by atoms with Gasteiger partial charge in [-0.2, -0.15) is 5.10 Å². The number of nitrogens with one attached hydrogen (secondary N) is 2. The first-order valence-electron chi connectivity index (χ1n) is 4.28. The average Bonchev–Trinajstić information content (AvgIpc) is 2.18. The lowest BCUT2D eigenvalue weighted by Gasteiger charge is -2.03. The second-order valence-corrected chi connectivity index (χ2v) is 2.83. The second-order valence-electron chi connectivity index (χ2n) is 2.83. The molecule has 0 radical (unpaired) electrons. The Morgan fingerprint density at radius 2 is 2.33 bits per heavy atom. The van der Waals surface area contributed by atoms with Crippen molar-refractivity contribution < 1.29 is 4.79 Å². The fourth-order valence-corrected chi connectivity index (χ4v) is 1.01. The second kappa shape index (κ2) is 4.94. The zero-order valence-electron chi connectivity index (χ0n) is 7.90. The molecule has 0 unspecified atom stereocenters. The van der Waals surface area contributed by atoms with E-state index in [1.165, 1.54) is 10.9 Å². The van der Waals surface area contributed by atoms with Crippen molar-refractivity contribution in [3.05, 3.63) is 27.0 Å². The fourth-order valence-electron chi connectivity index (χ4n) is 1.01. The highest BCUT2D eigenvalue weighted by atomic mass is 16.2. The summed E-state index contributed by atoms with van der Waals surface area (Å²) in [4.78, 5) is 32.3. The van der Waals surface area contributed by atoms with Crippen molar-refractivity contribution >= 4 is 6.03 Å². The molecule has 15 heavy (non-hydrogen) atoms. The number of amides is 2. The van der Waals surface area contributed by atoms with Crippen LogP contribution in [0.1, 0.15) is 6.42 Å². The van der Waals surface area contributed by atoms with E-state index in [-0.39, 0.29) is 0 Å². The molecule has 0 bridgehead atoms. The maximum absolute atomic E-state index is 11.2. The molecule has 0 fully saturated rings. The number of rotatable bonds is 4. The number of primary amides is 1. The van der Waals surface area contributed by atoms with Gasteiger partial charge in [-0.05, 0) is 6.42 Å². The predicted molar refractivity (Wildman–Crippen MR) is 51.3 cm³/mol. The van der Waals surface area contributed by atoms with Crippen LogP contribution in [0.5, 0.6) is 0 Å². The maximum Gasteiger partial charge on any atom is 0.330 e.